The molecule has 147 valence electrons. The van der Waals surface area contributed by atoms with Gasteiger partial charge < -0.3 is 0 Å². The molecule has 0 aliphatic heterocycles. The maximum Gasteiger partial charge on any atom is 0.0280 e. The van der Waals surface area contributed by atoms with Crippen molar-refractivity contribution in [3.8, 4) is 11.1 Å². The van der Waals surface area contributed by atoms with Gasteiger partial charge in [-0.25, -0.2) is 12.1 Å². The molecule has 0 amide bonds. The Kier molecular flexibility index (Phi) is 14.0. The SMILES string of the molecule is CCCC[SiH]CCCC.[Hf].[c-]1cccc2c1Cc1ccccc1-2.c1cc[cH-]c1. The third-order valence-electron chi connectivity index (χ3n) is 4.70. The Morgan fingerprint density at radius 1 is 0.857 bits per heavy atom. The number of hydrogen-bond donors (Lipinski definition) is 0. The average molecular weight is 552 g/mol. The monoisotopic (exact) mass is 553 g/mol. The Morgan fingerprint density at radius 3 is 2.11 bits per heavy atom. The second-order valence-corrected chi connectivity index (χ2v) is 8.66. The molecular weight excluding hydrogens is 519 g/mol. The predicted molar refractivity (Wildman–Crippen MR) is 122 cm³/mol. The Bertz CT molecular complexity index is 667. The molecule has 1 aliphatic carbocycles. The van der Waals surface area contributed by atoms with Crippen LogP contribution in [0.3, 0.4) is 0 Å². The van der Waals surface area contributed by atoms with Gasteiger partial charge in [-0.15, -0.1) is 5.56 Å². The quantitative estimate of drug-likeness (QED) is 0.134. The van der Waals surface area contributed by atoms with Crippen LogP contribution >= 0.6 is 0 Å². The standard InChI is InChI=1S/C13H9.C8H19Si.C5H5.Hf/c1-3-7-12-10(5-1)9-11-6-2-4-8-13(11)12;1-3-5-7-9-8-6-4-2;1-2-4-5-3-1;/h1-5,7-8H,9H2;9H,3-8H2,1-2H3;1-5H;/q-1;;-1;. The van der Waals surface area contributed by atoms with Crippen molar-refractivity contribution in [2.24, 2.45) is 0 Å². The van der Waals surface area contributed by atoms with Crippen molar-refractivity contribution in [3.05, 3.63) is 90.0 Å². The van der Waals surface area contributed by atoms with Gasteiger partial charge in [-0.1, -0.05) is 87.0 Å². The first-order chi connectivity index (χ1) is 13.4. The van der Waals surface area contributed by atoms with Gasteiger partial charge in [0.25, 0.3) is 0 Å². The number of unbranched alkanes of at least 4 members (excludes halogenated alkanes) is 2. The van der Waals surface area contributed by atoms with E-state index in [0.29, 0.717) is 0 Å². The van der Waals surface area contributed by atoms with Gasteiger partial charge in [0.05, 0.1) is 0 Å². The van der Waals surface area contributed by atoms with E-state index in [2.05, 4.69) is 56.3 Å². The van der Waals surface area contributed by atoms with Gasteiger partial charge in [0, 0.05) is 35.4 Å². The van der Waals surface area contributed by atoms with Crippen molar-refractivity contribution in [3.63, 3.8) is 0 Å². The molecule has 1 aliphatic rings. The van der Waals surface area contributed by atoms with Crippen LogP contribution in [-0.4, -0.2) is 9.52 Å². The molecule has 0 unspecified atom stereocenters. The van der Waals surface area contributed by atoms with E-state index in [4.69, 9.17) is 0 Å². The van der Waals surface area contributed by atoms with E-state index >= 15 is 0 Å². The largest absolute Gasteiger partial charge is 0.214 e. The van der Waals surface area contributed by atoms with Crippen molar-refractivity contribution >= 4 is 9.52 Å². The maximum absolute atomic E-state index is 3.30. The third-order valence-corrected chi connectivity index (χ3v) is 6.33. The molecule has 3 aromatic carbocycles. The molecule has 0 heterocycles. The van der Waals surface area contributed by atoms with E-state index in [0.717, 1.165) is 15.9 Å². The first-order valence-corrected chi connectivity index (χ1v) is 12.1. The minimum absolute atomic E-state index is 0. The fraction of sp³-hybridized carbons (Fsp3) is 0.346. The van der Waals surface area contributed by atoms with Crippen LogP contribution in [0.4, 0.5) is 0 Å². The van der Waals surface area contributed by atoms with E-state index in [1.54, 1.807) is 0 Å². The topological polar surface area (TPSA) is 0 Å². The Balaban J connectivity index is 0.000000229. The third kappa shape index (κ3) is 8.92. The molecule has 0 N–H and O–H groups in total. The van der Waals surface area contributed by atoms with Crippen LogP contribution in [0, 0.1) is 6.07 Å². The van der Waals surface area contributed by atoms with Gasteiger partial charge in [-0.05, 0) is 6.42 Å². The zero-order valence-electron chi connectivity index (χ0n) is 17.5. The van der Waals surface area contributed by atoms with Gasteiger partial charge in [-0.2, -0.15) is 48.0 Å². The van der Waals surface area contributed by atoms with E-state index in [1.807, 2.05) is 36.4 Å². The molecule has 0 nitrogen and oxygen atoms in total. The Labute approximate surface area is 193 Å². The minimum Gasteiger partial charge on any atom is -0.214 e. The molecule has 0 atom stereocenters. The zero-order valence-corrected chi connectivity index (χ0v) is 22.2. The molecule has 0 bridgehead atoms. The number of benzene rings is 2. The van der Waals surface area contributed by atoms with Crippen LogP contribution in [0.15, 0.2) is 72.8 Å². The van der Waals surface area contributed by atoms with E-state index in [1.165, 1.54) is 60.0 Å². The summed E-state index contributed by atoms with van der Waals surface area (Å²) in [6.07, 6.45) is 6.77. The summed E-state index contributed by atoms with van der Waals surface area (Å²) in [5, 5.41) is 0. The van der Waals surface area contributed by atoms with Crippen molar-refractivity contribution in [1.29, 1.82) is 0 Å². The van der Waals surface area contributed by atoms with Gasteiger partial charge in [0.2, 0.25) is 0 Å². The summed E-state index contributed by atoms with van der Waals surface area (Å²) in [5.41, 5.74) is 5.51. The molecular formula is C26H33HfSi-2. The van der Waals surface area contributed by atoms with Crippen molar-refractivity contribution in [2.75, 3.05) is 0 Å². The van der Waals surface area contributed by atoms with Crippen LogP contribution in [0.25, 0.3) is 11.1 Å². The molecule has 0 spiro atoms. The minimum atomic E-state index is 0. The predicted octanol–water partition coefficient (Wildman–Crippen LogP) is 7.32. The molecule has 0 saturated carbocycles. The van der Waals surface area contributed by atoms with Crippen LogP contribution in [0.1, 0.15) is 50.7 Å². The maximum atomic E-state index is 3.30. The smallest absolute Gasteiger partial charge is 0.0280 e. The van der Waals surface area contributed by atoms with E-state index < -0.39 is 0 Å². The number of hydrogen-bond acceptors (Lipinski definition) is 0. The summed E-state index contributed by atoms with van der Waals surface area (Å²) >= 11 is 0. The normalized spacial score (nSPS) is 10.4. The second-order valence-electron chi connectivity index (χ2n) is 6.93. The molecule has 3 aromatic rings. The average Bonchev–Trinajstić information content (AvgIpc) is 3.40. The molecule has 28 heavy (non-hydrogen) atoms. The molecule has 4 rings (SSSR count). The van der Waals surface area contributed by atoms with Crippen molar-refractivity contribution < 1.29 is 25.8 Å². The summed E-state index contributed by atoms with van der Waals surface area (Å²) in [4.78, 5) is 0. The zero-order chi connectivity index (χ0) is 19.2. The van der Waals surface area contributed by atoms with Gasteiger partial charge in [0.1, 0.15) is 0 Å². The van der Waals surface area contributed by atoms with Crippen molar-refractivity contribution in [2.45, 2.75) is 58.0 Å². The molecule has 0 saturated heterocycles. The van der Waals surface area contributed by atoms with Gasteiger partial charge in [0.15, 0.2) is 0 Å². The number of rotatable bonds is 6. The van der Waals surface area contributed by atoms with Crippen LogP contribution in [0.2, 0.25) is 12.1 Å². The van der Waals surface area contributed by atoms with Crippen molar-refractivity contribution in [1.82, 2.24) is 0 Å². The van der Waals surface area contributed by atoms with Crippen LogP contribution in [-0.2, 0) is 32.3 Å². The van der Waals surface area contributed by atoms with E-state index in [-0.39, 0.29) is 25.8 Å². The van der Waals surface area contributed by atoms with E-state index in [9.17, 15) is 0 Å². The first-order valence-electron chi connectivity index (χ1n) is 10.4. The number of fused-ring (bicyclic) bond motifs is 3. The Morgan fingerprint density at radius 2 is 1.50 bits per heavy atom. The molecule has 2 heteroatoms. The van der Waals surface area contributed by atoms with Crippen LogP contribution < -0.4 is 0 Å². The fourth-order valence-corrected chi connectivity index (χ4v) is 4.84. The van der Waals surface area contributed by atoms with Crippen LogP contribution in [0.5, 0.6) is 0 Å². The summed E-state index contributed by atoms with van der Waals surface area (Å²) in [7, 11) is 0.818. The summed E-state index contributed by atoms with van der Waals surface area (Å²) in [6, 6.07) is 31.2. The van der Waals surface area contributed by atoms with Gasteiger partial charge >= 0.3 is 0 Å². The summed E-state index contributed by atoms with van der Waals surface area (Å²) in [5.74, 6) is 0. The molecule has 1 radical (unpaired) electrons. The van der Waals surface area contributed by atoms with Gasteiger partial charge in [-0.3, -0.25) is 0 Å². The molecule has 0 aromatic heterocycles. The Hall–Kier alpha value is -1.12. The summed E-state index contributed by atoms with van der Waals surface area (Å²) < 4.78 is 0. The first kappa shape index (κ1) is 24.9. The molecule has 0 fully saturated rings. The fourth-order valence-electron chi connectivity index (χ4n) is 3.16. The summed E-state index contributed by atoms with van der Waals surface area (Å²) in [6.45, 7) is 4.55. The second kappa shape index (κ2) is 15.8.